The van der Waals surface area contributed by atoms with Gasteiger partial charge in [-0.15, -0.1) is 0 Å². The Bertz CT molecular complexity index is 700. The van der Waals surface area contributed by atoms with Gasteiger partial charge in [-0.3, -0.25) is 4.79 Å². The Balaban J connectivity index is 2.60. The Morgan fingerprint density at radius 1 is 1.28 bits per heavy atom. The van der Waals surface area contributed by atoms with Crippen molar-refractivity contribution in [2.24, 2.45) is 5.14 Å². The summed E-state index contributed by atoms with van der Waals surface area (Å²) in [6, 6.07) is 8.11. The van der Waals surface area contributed by atoms with E-state index in [0.717, 1.165) is 0 Å². The topological polar surface area (TPSA) is 90.4 Å². The van der Waals surface area contributed by atoms with Crippen LogP contribution in [0.2, 0.25) is 0 Å². The Kier molecular flexibility index (Phi) is 3.06. The number of hydrogen-bond acceptors (Lipinski definition) is 4. The molecule has 6 heteroatoms. The summed E-state index contributed by atoms with van der Waals surface area (Å²) in [6.07, 6.45) is 1.25. The first-order chi connectivity index (χ1) is 8.39. The molecule has 0 unspecified atom stereocenters. The van der Waals surface area contributed by atoms with Crippen LogP contribution in [-0.4, -0.2) is 14.2 Å². The minimum absolute atomic E-state index is 0.0995. The summed E-state index contributed by atoms with van der Waals surface area (Å²) in [5.41, 5.74) is 1.41. The summed E-state index contributed by atoms with van der Waals surface area (Å²) >= 11 is 0. The molecule has 0 aliphatic rings. The number of primary sulfonamides is 1. The second kappa shape index (κ2) is 4.40. The average Bonchev–Trinajstić information content (AvgIpc) is 2.77. The van der Waals surface area contributed by atoms with Crippen molar-refractivity contribution in [2.75, 3.05) is 0 Å². The quantitative estimate of drug-likeness (QED) is 0.857. The first-order valence-electron chi connectivity index (χ1n) is 5.11. The van der Waals surface area contributed by atoms with Gasteiger partial charge in [0.15, 0.2) is 5.78 Å². The van der Waals surface area contributed by atoms with Crippen LogP contribution < -0.4 is 5.14 Å². The Labute approximate surface area is 104 Å². The third-order valence-corrected chi connectivity index (χ3v) is 3.30. The number of nitrogens with two attached hydrogens (primary N) is 1. The maximum absolute atomic E-state index is 11.3. The highest BCUT2D eigenvalue weighted by Crippen LogP contribution is 2.28. The van der Waals surface area contributed by atoms with E-state index in [1.807, 2.05) is 0 Å². The van der Waals surface area contributed by atoms with Crippen LogP contribution in [-0.2, 0) is 10.0 Å². The molecule has 0 spiro atoms. The highest BCUT2D eigenvalue weighted by Gasteiger charge is 2.19. The Morgan fingerprint density at radius 2 is 2.00 bits per heavy atom. The summed E-state index contributed by atoms with van der Waals surface area (Å²) in [7, 11) is -3.92. The van der Waals surface area contributed by atoms with Crippen molar-refractivity contribution >= 4 is 15.8 Å². The molecule has 0 aliphatic heterocycles. The number of carbonyl (C=O) groups excluding carboxylic acids is 1. The molecule has 2 N–H and O–H groups in total. The second-order valence-corrected chi connectivity index (χ2v) is 5.26. The van der Waals surface area contributed by atoms with E-state index in [-0.39, 0.29) is 10.9 Å². The van der Waals surface area contributed by atoms with E-state index in [1.165, 1.54) is 19.3 Å². The van der Waals surface area contributed by atoms with E-state index in [0.29, 0.717) is 16.7 Å². The number of rotatable bonds is 3. The fraction of sp³-hybridized carbons (Fsp3) is 0.0833. The molecule has 0 atom stereocenters. The van der Waals surface area contributed by atoms with Crippen LogP contribution >= 0.6 is 0 Å². The largest absolute Gasteiger partial charge is 0.451 e. The van der Waals surface area contributed by atoms with Crippen LogP contribution in [0, 0.1) is 0 Å². The van der Waals surface area contributed by atoms with Gasteiger partial charge in [0.25, 0.3) is 10.0 Å². The first kappa shape index (κ1) is 12.5. The van der Waals surface area contributed by atoms with Crippen LogP contribution in [0.4, 0.5) is 0 Å². The van der Waals surface area contributed by atoms with Crippen LogP contribution in [0.1, 0.15) is 17.3 Å². The van der Waals surface area contributed by atoms with E-state index in [2.05, 4.69) is 0 Å². The molecule has 1 heterocycles. The molecule has 0 amide bonds. The van der Waals surface area contributed by atoms with E-state index < -0.39 is 10.0 Å². The van der Waals surface area contributed by atoms with E-state index in [9.17, 15) is 13.2 Å². The number of sulfonamides is 1. The minimum Gasteiger partial charge on any atom is -0.451 e. The summed E-state index contributed by atoms with van der Waals surface area (Å²) in [6.45, 7) is 1.44. The van der Waals surface area contributed by atoms with Crippen molar-refractivity contribution in [1.82, 2.24) is 0 Å². The third kappa shape index (κ3) is 2.34. The molecular weight excluding hydrogens is 254 g/mol. The van der Waals surface area contributed by atoms with Gasteiger partial charge < -0.3 is 4.42 Å². The second-order valence-electron chi connectivity index (χ2n) is 3.80. The fourth-order valence-corrected chi connectivity index (χ4v) is 2.32. The van der Waals surface area contributed by atoms with Gasteiger partial charge in [0, 0.05) is 11.1 Å². The molecule has 0 fully saturated rings. The normalized spacial score (nSPS) is 11.4. The Hall–Kier alpha value is -1.92. The summed E-state index contributed by atoms with van der Waals surface area (Å²) in [5.74, 6) is -0.0995. The lowest BCUT2D eigenvalue weighted by Gasteiger charge is -2.02. The van der Waals surface area contributed by atoms with E-state index >= 15 is 0 Å². The fourth-order valence-electron chi connectivity index (χ4n) is 1.64. The summed E-state index contributed by atoms with van der Waals surface area (Å²) in [4.78, 5) is 11.3. The van der Waals surface area contributed by atoms with Crippen LogP contribution in [0.25, 0.3) is 11.1 Å². The molecule has 0 aliphatic carbocycles. The third-order valence-electron chi connectivity index (χ3n) is 2.47. The standard InChI is InChI=1S/C12H11NO4S/c1-8(14)9-3-2-4-10(7-9)11-5-6-17-12(11)18(13,15)16/h2-7H,1H3,(H2,13,15,16). The predicted octanol–water partition coefficient (Wildman–Crippen LogP) is 1.80. The van der Waals surface area contributed by atoms with Crippen molar-refractivity contribution in [3.05, 3.63) is 42.2 Å². The molecular formula is C12H11NO4S. The van der Waals surface area contributed by atoms with Gasteiger partial charge in [-0.1, -0.05) is 18.2 Å². The monoisotopic (exact) mass is 265 g/mol. The molecule has 0 saturated heterocycles. The summed E-state index contributed by atoms with van der Waals surface area (Å²) in [5, 5.41) is 4.75. The lowest BCUT2D eigenvalue weighted by Crippen LogP contribution is -2.12. The molecule has 18 heavy (non-hydrogen) atoms. The van der Waals surface area contributed by atoms with Gasteiger partial charge in [-0.2, -0.15) is 0 Å². The number of ketones is 1. The zero-order valence-corrected chi connectivity index (χ0v) is 10.4. The minimum atomic E-state index is -3.92. The van der Waals surface area contributed by atoms with Gasteiger partial charge in [0.05, 0.1) is 6.26 Å². The summed E-state index contributed by atoms with van der Waals surface area (Å²) < 4.78 is 27.5. The number of furan rings is 1. The van der Waals surface area contributed by atoms with Gasteiger partial charge in [-0.25, -0.2) is 13.6 Å². The van der Waals surface area contributed by atoms with Crippen LogP contribution in [0.3, 0.4) is 0 Å². The molecule has 94 valence electrons. The van der Waals surface area contributed by atoms with Gasteiger partial charge in [0.1, 0.15) is 0 Å². The van der Waals surface area contributed by atoms with Gasteiger partial charge in [-0.05, 0) is 24.6 Å². The first-order valence-corrected chi connectivity index (χ1v) is 6.66. The maximum Gasteiger partial charge on any atom is 0.272 e. The van der Waals surface area contributed by atoms with E-state index in [4.69, 9.17) is 9.56 Å². The molecule has 1 aromatic carbocycles. The molecule has 1 aromatic heterocycles. The van der Waals surface area contributed by atoms with Crippen molar-refractivity contribution in [2.45, 2.75) is 12.0 Å². The van der Waals surface area contributed by atoms with Crippen molar-refractivity contribution in [3.8, 4) is 11.1 Å². The predicted molar refractivity (Wildman–Crippen MR) is 65.5 cm³/mol. The number of benzene rings is 1. The average molecular weight is 265 g/mol. The molecule has 2 aromatic rings. The Morgan fingerprint density at radius 3 is 2.61 bits per heavy atom. The van der Waals surface area contributed by atoms with Crippen LogP contribution in [0.15, 0.2) is 46.1 Å². The molecule has 2 rings (SSSR count). The lowest BCUT2D eigenvalue weighted by atomic mass is 10.0. The zero-order valence-electron chi connectivity index (χ0n) is 9.58. The molecule has 0 saturated carbocycles. The van der Waals surface area contributed by atoms with Crippen LogP contribution in [0.5, 0.6) is 0 Å². The van der Waals surface area contributed by atoms with Crippen molar-refractivity contribution in [3.63, 3.8) is 0 Å². The molecule has 5 nitrogen and oxygen atoms in total. The number of hydrogen-bond donors (Lipinski definition) is 1. The SMILES string of the molecule is CC(=O)c1cccc(-c2ccoc2S(N)(=O)=O)c1. The van der Waals surface area contributed by atoms with E-state index in [1.54, 1.807) is 24.3 Å². The van der Waals surface area contributed by atoms with Gasteiger partial charge >= 0.3 is 0 Å². The zero-order chi connectivity index (χ0) is 13.3. The maximum atomic E-state index is 11.3. The lowest BCUT2D eigenvalue weighted by molar-refractivity contribution is 0.101. The van der Waals surface area contributed by atoms with Crippen molar-refractivity contribution < 1.29 is 17.6 Å². The molecule has 0 radical (unpaired) electrons. The highest BCUT2D eigenvalue weighted by atomic mass is 32.2. The van der Waals surface area contributed by atoms with Gasteiger partial charge in [0.2, 0.25) is 5.09 Å². The molecule has 0 bridgehead atoms. The van der Waals surface area contributed by atoms with Crippen molar-refractivity contribution in [1.29, 1.82) is 0 Å². The highest BCUT2D eigenvalue weighted by molar-refractivity contribution is 7.89. The number of Topliss-reactive ketones (excluding diaryl/α,β-unsaturated/α-hetero) is 1. The smallest absolute Gasteiger partial charge is 0.272 e. The number of carbonyl (C=O) groups is 1.